The van der Waals surface area contributed by atoms with Gasteiger partial charge in [0.05, 0.1) is 15.6 Å². The SMILES string of the molecule is SCCCOc1c(Br)cc(Br)cc1Br. The zero-order chi connectivity index (χ0) is 10.6. The summed E-state index contributed by atoms with van der Waals surface area (Å²) in [6, 6.07) is 3.92. The van der Waals surface area contributed by atoms with Gasteiger partial charge in [-0.3, -0.25) is 0 Å². The number of hydrogen-bond acceptors (Lipinski definition) is 2. The molecule has 0 N–H and O–H groups in total. The van der Waals surface area contributed by atoms with E-state index in [4.69, 9.17) is 4.74 Å². The van der Waals surface area contributed by atoms with Gasteiger partial charge in [-0.15, -0.1) is 0 Å². The van der Waals surface area contributed by atoms with E-state index in [1.165, 1.54) is 0 Å². The van der Waals surface area contributed by atoms with Crippen molar-refractivity contribution in [1.82, 2.24) is 0 Å². The van der Waals surface area contributed by atoms with Crippen molar-refractivity contribution in [3.05, 3.63) is 25.6 Å². The van der Waals surface area contributed by atoms with Crippen LogP contribution in [-0.4, -0.2) is 12.4 Å². The Bertz CT molecular complexity index is 294. The molecule has 0 spiro atoms. The Labute approximate surface area is 114 Å². The van der Waals surface area contributed by atoms with Crippen molar-refractivity contribution < 1.29 is 4.74 Å². The normalized spacial score (nSPS) is 10.3. The lowest BCUT2D eigenvalue weighted by Crippen LogP contribution is -1.99. The molecule has 0 aliphatic rings. The van der Waals surface area contributed by atoms with Gasteiger partial charge in [0.1, 0.15) is 5.75 Å². The largest absolute Gasteiger partial charge is 0.491 e. The smallest absolute Gasteiger partial charge is 0.147 e. The molecule has 0 aliphatic carbocycles. The molecular weight excluding hydrogens is 396 g/mol. The monoisotopic (exact) mass is 402 g/mol. The first-order valence-corrected chi connectivity index (χ1v) is 7.04. The number of ether oxygens (including phenoxy) is 1. The van der Waals surface area contributed by atoms with Crippen molar-refractivity contribution in [1.29, 1.82) is 0 Å². The fourth-order valence-electron chi connectivity index (χ4n) is 0.906. The van der Waals surface area contributed by atoms with Gasteiger partial charge >= 0.3 is 0 Å². The molecule has 0 aliphatic heterocycles. The van der Waals surface area contributed by atoms with E-state index in [0.29, 0.717) is 6.61 Å². The zero-order valence-electron chi connectivity index (χ0n) is 7.27. The van der Waals surface area contributed by atoms with Gasteiger partial charge < -0.3 is 4.74 Å². The molecule has 0 saturated carbocycles. The lowest BCUT2D eigenvalue weighted by Gasteiger charge is -2.09. The summed E-state index contributed by atoms with van der Waals surface area (Å²) in [7, 11) is 0. The summed E-state index contributed by atoms with van der Waals surface area (Å²) in [6.07, 6.45) is 0.943. The van der Waals surface area contributed by atoms with Crippen molar-refractivity contribution in [3.8, 4) is 5.75 Å². The average Bonchev–Trinajstić information content (AvgIpc) is 2.09. The molecule has 1 nitrogen and oxygen atoms in total. The van der Waals surface area contributed by atoms with Gasteiger partial charge in [0.2, 0.25) is 0 Å². The minimum Gasteiger partial charge on any atom is -0.491 e. The van der Waals surface area contributed by atoms with Crippen molar-refractivity contribution >= 4 is 60.4 Å². The van der Waals surface area contributed by atoms with E-state index in [1.807, 2.05) is 12.1 Å². The number of hydrogen-bond donors (Lipinski definition) is 1. The van der Waals surface area contributed by atoms with Crippen LogP contribution in [0.4, 0.5) is 0 Å². The summed E-state index contributed by atoms with van der Waals surface area (Å²) in [5, 5.41) is 0. The predicted octanol–water partition coefficient (Wildman–Crippen LogP) is 4.67. The average molecular weight is 405 g/mol. The van der Waals surface area contributed by atoms with Gasteiger partial charge in [0.15, 0.2) is 0 Å². The lowest BCUT2D eigenvalue weighted by atomic mass is 10.3. The molecule has 0 aromatic heterocycles. The summed E-state index contributed by atoms with van der Waals surface area (Å²) < 4.78 is 8.50. The highest BCUT2D eigenvalue weighted by Crippen LogP contribution is 2.36. The Morgan fingerprint density at radius 3 is 2.21 bits per heavy atom. The van der Waals surface area contributed by atoms with Crippen LogP contribution >= 0.6 is 60.4 Å². The first kappa shape index (κ1) is 12.9. The van der Waals surface area contributed by atoms with Crippen molar-refractivity contribution in [3.63, 3.8) is 0 Å². The summed E-state index contributed by atoms with van der Waals surface area (Å²) in [5.74, 6) is 1.68. The molecule has 0 saturated heterocycles. The van der Waals surface area contributed by atoms with Gasteiger partial charge in [-0.2, -0.15) is 12.6 Å². The van der Waals surface area contributed by atoms with E-state index in [-0.39, 0.29) is 0 Å². The van der Waals surface area contributed by atoms with E-state index < -0.39 is 0 Å². The van der Waals surface area contributed by atoms with E-state index in [2.05, 4.69) is 60.4 Å². The molecule has 0 amide bonds. The predicted molar refractivity (Wildman–Crippen MR) is 73.5 cm³/mol. The van der Waals surface area contributed by atoms with Crippen LogP contribution in [0.5, 0.6) is 5.75 Å². The second kappa shape index (κ2) is 6.40. The third-order valence-electron chi connectivity index (χ3n) is 1.51. The van der Waals surface area contributed by atoms with Crippen LogP contribution in [0.3, 0.4) is 0 Å². The van der Waals surface area contributed by atoms with Crippen LogP contribution in [0.25, 0.3) is 0 Å². The molecule has 1 aromatic carbocycles. The third-order valence-corrected chi connectivity index (χ3v) is 3.46. The number of halogens is 3. The minimum atomic E-state index is 0.683. The van der Waals surface area contributed by atoms with E-state index in [0.717, 1.165) is 31.3 Å². The maximum Gasteiger partial charge on any atom is 0.147 e. The van der Waals surface area contributed by atoms with Gasteiger partial charge in [0, 0.05) is 4.47 Å². The second-order valence-corrected chi connectivity index (χ2v) is 5.70. The van der Waals surface area contributed by atoms with Crippen molar-refractivity contribution in [2.45, 2.75) is 6.42 Å². The topological polar surface area (TPSA) is 9.23 Å². The summed E-state index contributed by atoms with van der Waals surface area (Å²) in [6.45, 7) is 0.683. The van der Waals surface area contributed by atoms with E-state index >= 15 is 0 Å². The summed E-state index contributed by atoms with van der Waals surface area (Å²) in [4.78, 5) is 0. The van der Waals surface area contributed by atoms with Crippen LogP contribution < -0.4 is 4.74 Å². The highest BCUT2D eigenvalue weighted by molar-refractivity contribution is 9.11. The molecule has 0 radical (unpaired) electrons. The molecule has 78 valence electrons. The molecule has 0 bridgehead atoms. The number of benzene rings is 1. The minimum absolute atomic E-state index is 0.683. The lowest BCUT2D eigenvalue weighted by molar-refractivity contribution is 0.315. The molecule has 0 unspecified atom stereocenters. The molecule has 0 atom stereocenters. The maximum absolute atomic E-state index is 5.60. The summed E-state index contributed by atoms with van der Waals surface area (Å²) >= 11 is 14.4. The molecule has 0 heterocycles. The highest BCUT2D eigenvalue weighted by atomic mass is 79.9. The Morgan fingerprint density at radius 2 is 1.71 bits per heavy atom. The van der Waals surface area contributed by atoms with E-state index in [1.54, 1.807) is 0 Å². The fourth-order valence-corrected chi connectivity index (χ4v) is 3.52. The van der Waals surface area contributed by atoms with Gasteiger partial charge in [-0.25, -0.2) is 0 Å². The molecule has 5 heteroatoms. The molecule has 14 heavy (non-hydrogen) atoms. The first-order valence-electron chi connectivity index (χ1n) is 4.03. The van der Waals surface area contributed by atoms with Crippen LogP contribution in [0.2, 0.25) is 0 Å². The second-order valence-electron chi connectivity index (χ2n) is 2.62. The van der Waals surface area contributed by atoms with E-state index in [9.17, 15) is 0 Å². The van der Waals surface area contributed by atoms with Crippen molar-refractivity contribution in [2.75, 3.05) is 12.4 Å². The summed E-state index contributed by atoms with van der Waals surface area (Å²) in [5.41, 5.74) is 0. The Morgan fingerprint density at radius 1 is 1.14 bits per heavy atom. The maximum atomic E-state index is 5.60. The van der Waals surface area contributed by atoms with Crippen LogP contribution in [0.15, 0.2) is 25.6 Å². The Hall–Kier alpha value is 0.810. The standard InChI is InChI=1S/C9H9Br3OS/c10-6-4-7(11)9(8(12)5-6)13-2-1-3-14/h4-5,14H,1-3H2. The van der Waals surface area contributed by atoms with Crippen LogP contribution in [0, 0.1) is 0 Å². The number of rotatable bonds is 4. The third kappa shape index (κ3) is 3.76. The zero-order valence-corrected chi connectivity index (χ0v) is 12.9. The quantitative estimate of drug-likeness (QED) is 0.566. The van der Waals surface area contributed by atoms with Crippen LogP contribution in [-0.2, 0) is 0 Å². The molecule has 1 rings (SSSR count). The Kier molecular flexibility index (Phi) is 5.89. The van der Waals surface area contributed by atoms with Gasteiger partial charge in [-0.05, 0) is 56.2 Å². The fraction of sp³-hybridized carbons (Fsp3) is 0.333. The Balaban J connectivity index is 2.75. The molecule has 1 aromatic rings. The van der Waals surface area contributed by atoms with Gasteiger partial charge in [-0.1, -0.05) is 15.9 Å². The molecule has 0 fully saturated rings. The number of thiol groups is 1. The molecular formula is C9H9Br3OS. The van der Waals surface area contributed by atoms with Crippen LogP contribution in [0.1, 0.15) is 6.42 Å². The van der Waals surface area contributed by atoms with Crippen molar-refractivity contribution in [2.24, 2.45) is 0 Å². The first-order chi connectivity index (χ1) is 6.65. The highest BCUT2D eigenvalue weighted by Gasteiger charge is 2.07. The van der Waals surface area contributed by atoms with Gasteiger partial charge in [0.25, 0.3) is 0 Å².